The molecule has 4 aromatic carbocycles. The smallest absolute Gasteiger partial charge is 0.398 e. The van der Waals surface area contributed by atoms with Gasteiger partial charge in [-0.1, -0.05) is 46.9 Å². The van der Waals surface area contributed by atoms with Crippen LogP contribution in [0.3, 0.4) is 0 Å². The van der Waals surface area contributed by atoms with Gasteiger partial charge < -0.3 is 41.3 Å². The number of rotatable bonds is 8. The van der Waals surface area contributed by atoms with E-state index in [0.717, 1.165) is 61.6 Å². The zero-order valence-corrected chi connectivity index (χ0v) is 44.8. The fourth-order valence-electron chi connectivity index (χ4n) is 8.17. The Balaban J connectivity index is 0.000000177. The number of carbonyl (C=O) groups is 2. The van der Waals surface area contributed by atoms with E-state index >= 15 is 0 Å². The van der Waals surface area contributed by atoms with Crippen LogP contribution in [0.1, 0.15) is 43.0 Å². The van der Waals surface area contributed by atoms with Crippen molar-refractivity contribution in [1.82, 2.24) is 49.7 Å². The number of carbonyl (C=O) groups excluding carboxylic acids is 2. The first-order chi connectivity index (χ1) is 37.5. The molecule has 412 valence electrons. The summed E-state index contributed by atoms with van der Waals surface area (Å²) in [6.45, 7) is 9.07. The molecule has 0 saturated carbocycles. The number of hydrogen-bond donors (Lipinski definition) is 4. The van der Waals surface area contributed by atoms with Crippen molar-refractivity contribution < 1.29 is 35.9 Å². The van der Waals surface area contributed by atoms with E-state index in [1.165, 1.54) is 31.4 Å². The van der Waals surface area contributed by atoms with Gasteiger partial charge in [-0.25, -0.2) is 39.9 Å². The molecule has 5 N–H and O–H groups in total. The molecule has 2 fully saturated rings. The van der Waals surface area contributed by atoms with E-state index in [0.29, 0.717) is 82.4 Å². The number of likely N-dealkylation sites (N-methyl/N-ethyl adjacent to an activating group) is 2. The molecule has 2 aliphatic rings. The van der Waals surface area contributed by atoms with Crippen LogP contribution in [0.2, 0.25) is 15.5 Å². The predicted octanol–water partition coefficient (Wildman–Crippen LogP) is 10.5. The second-order valence-corrected chi connectivity index (χ2v) is 19.4. The van der Waals surface area contributed by atoms with Gasteiger partial charge in [-0.3, -0.25) is 9.59 Å². The Hall–Kier alpha value is -7.77. The summed E-state index contributed by atoms with van der Waals surface area (Å²) in [4.78, 5) is 65.4. The van der Waals surface area contributed by atoms with Crippen LogP contribution in [0.4, 0.5) is 66.3 Å². The van der Waals surface area contributed by atoms with Gasteiger partial charge in [0.1, 0.15) is 47.4 Å². The maximum Gasteiger partial charge on any atom is 0.416 e. The van der Waals surface area contributed by atoms with Crippen LogP contribution < -0.4 is 31.5 Å². The third kappa shape index (κ3) is 14.5. The van der Waals surface area contributed by atoms with Gasteiger partial charge in [-0.05, 0) is 99.7 Å². The van der Waals surface area contributed by atoms with Gasteiger partial charge in [0.25, 0.3) is 11.8 Å². The number of alkyl halides is 6. The molecule has 2 amide bonds. The lowest BCUT2D eigenvalue weighted by molar-refractivity contribution is -0.138. The van der Waals surface area contributed by atoms with Gasteiger partial charge in [0.15, 0.2) is 21.3 Å². The molecule has 79 heavy (non-hydrogen) atoms. The molecular formula is C52H49Cl3F6N16O2. The second-order valence-electron chi connectivity index (χ2n) is 18.4. The van der Waals surface area contributed by atoms with Gasteiger partial charge in [0.05, 0.1) is 11.1 Å². The standard InChI is InChI=1S/C26H24ClF3N8O.C20H23F3N4O.C6H2Cl2N4/c1-15-3-4-16(9-20(15)36-24-22-21(31-14-34-24)23(27)33-13-32-22)25(39)35-18-10-17(26(28,29)30)11-19(12-18)38-7-5-37(2)6-8-38;1-13-3-4-14(9-18(13)24)19(28)25-16-10-15(20(21,22)23)11-17(12-16)27-7-5-26(2)6-8-27;7-5-4-3(9-1-11-5)6(8)12-2-10-4/h3-4,9-14H,5-8H2,1-2H3,(H,35,39)(H,31,34,36);3-4,9-12H,5-8,24H2,1-2H3,(H,25,28);1-2H. The number of aryl methyl sites for hydroxylation is 2. The third-order valence-electron chi connectivity index (χ3n) is 12.7. The predicted molar refractivity (Wildman–Crippen MR) is 294 cm³/mol. The van der Waals surface area contributed by atoms with Crippen LogP contribution >= 0.6 is 34.8 Å². The fourth-order valence-corrected chi connectivity index (χ4v) is 8.71. The number of aromatic nitrogens is 8. The number of anilines is 7. The van der Waals surface area contributed by atoms with Crippen LogP contribution in [0.15, 0.2) is 98.1 Å². The van der Waals surface area contributed by atoms with Crippen molar-refractivity contribution in [3.63, 3.8) is 0 Å². The van der Waals surface area contributed by atoms with E-state index in [4.69, 9.17) is 40.5 Å². The first-order valence-corrected chi connectivity index (χ1v) is 25.2. The van der Waals surface area contributed by atoms with Gasteiger partial charge in [-0.2, -0.15) is 26.3 Å². The molecule has 2 saturated heterocycles. The van der Waals surface area contributed by atoms with Crippen LogP contribution in [0, 0.1) is 13.8 Å². The van der Waals surface area contributed by atoms with E-state index in [9.17, 15) is 35.9 Å². The molecule has 0 spiro atoms. The lowest BCUT2D eigenvalue weighted by Gasteiger charge is -2.34. The highest BCUT2D eigenvalue weighted by Gasteiger charge is 2.34. The SMILES string of the molecule is Cc1ccc(C(=O)Nc2cc(N3CCN(C)CC3)cc(C(F)(F)F)c2)cc1N.Cc1ccc(C(=O)Nc2cc(N3CCN(C)CC3)cc(C(F)(F)F)c2)cc1Nc1ncnc2c(Cl)ncnc12.Clc1ncnc2c(Cl)ncnc12. The van der Waals surface area contributed by atoms with Crippen molar-refractivity contribution in [3.05, 3.63) is 147 Å². The summed E-state index contributed by atoms with van der Waals surface area (Å²) in [5.41, 5.74) is 10.1. The average Bonchev–Trinajstić information content (AvgIpc) is 3.43. The van der Waals surface area contributed by atoms with Gasteiger partial charge >= 0.3 is 12.4 Å². The maximum atomic E-state index is 13.7. The van der Waals surface area contributed by atoms with Crippen molar-refractivity contribution >= 4 is 109 Å². The number of nitrogens with two attached hydrogens (primary N) is 1. The Kier molecular flexibility index (Phi) is 17.8. The molecule has 0 unspecified atom stereocenters. The Morgan fingerprint density at radius 2 is 0.899 bits per heavy atom. The number of nitrogens with zero attached hydrogens (tertiary/aromatic N) is 12. The van der Waals surface area contributed by atoms with E-state index in [-0.39, 0.29) is 32.4 Å². The van der Waals surface area contributed by atoms with Gasteiger partial charge in [0, 0.05) is 97.6 Å². The minimum Gasteiger partial charge on any atom is -0.398 e. The molecule has 8 aromatic rings. The summed E-state index contributed by atoms with van der Waals surface area (Å²) >= 11 is 17.6. The second kappa shape index (κ2) is 24.5. The van der Waals surface area contributed by atoms with E-state index in [1.54, 1.807) is 42.5 Å². The van der Waals surface area contributed by atoms with Crippen molar-refractivity contribution in [1.29, 1.82) is 0 Å². The lowest BCUT2D eigenvalue weighted by Crippen LogP contribution is -2.44. The number of nitrogen functional groups attached to an aromatic ring is 1. The first-order valence-electron chi connectivity index (χ1n) is 24.1. The normalized spacial score (nSPS) is 14.2. The van der Waals surface area contributed by atoms with E-state index in [1.807, 2.05) is 37.7 Å². The summed E-state index contributed by atoms with van der Waals surface area (Å²) in [6, 6.07) is 17.0. The summed E-state index contributed by atoms with van der Waals surface area (Å²) in [5.74, 6) is -0.699. The first kappa shape index (κ1) is 57.4. The average molecular weight is 1150 g/mol. The number of piperazine rings is 2. The maximum absolute atomic E-state index is 13.7. The van der Waals surface area contributed by atoms with Crippen LogP contribution in [-0.4, -0.2) is 128 Å². The molecule has 0 bridgehead atoms. The summed E-state index contributed by atoms with van der Waals surface area (Å²) in [6.07, 6.45) is -3.81. The van der Waals surface area contributed by atoms with Crippen molar-refractivity contribution in [2.45, 2.75) is 26.2 Å². The molecule has 0 atom stereocenters. The molecule has 18 nitrogen and oxygen atoms in total. The molecule has 0 aliphatic carbocycles. The topological polar surface area (TPSA) is 212 Å². The third-order valence-corrected chi connectivity index (χ3v) is 13.6. The van der Waals surface area contributed by atoms with Crippen LogP contribution in [0.25, 0.3) is 22.1 Å². The lowest BCUT2D eigenvalue weighted by atomic mass is 10.1. The van der Waals surface area contributed by atoms with E-state index in [2.05, 4.69) is 65.6 Å². The zero-order valence-electron chi connectivity index (χ0n) is 42.6. The van der Waals surface area contributed by atoms with Crippen molar-refractivity contribution in [2.75, 3.05) is 97.9 Å². The Morgan fingerprint density at radius 3 is 1.33 bits per heavy atom. The quantitative estimate of drug-likeness (QED) is 0.0633. The number of fused-ring (bicyclic) bond motifs is 2. The molecule has 4 aromatic heterocycles. The molecular weight excluding hydrogens is 1100 g/mol. The highest BCUT2D eigenvalue weighted by Crippen LogP contribution is 2.37. The summed E-state index contributed by atoms with van der Waals surface area (Å²) in [7, 11) is 3.94. The molecule has 0 radical (unpaired) electrons. The van der Waals surface area contributed by atoms with Crippen LogP contribution in [0.5, 0.6) is 0 Å². The molecule has 6 heterocycles. The summed E-state index contributed by atoms with van der Waals surface area (Å²) in [5, 5.41) is 9.10. The van der Waals surface area contributed by atoms with Gasteiger partial charge in [-0.15, -0.1) is 0 Å². The zero-order chi connectivity index (χ0) is 56.8. The van der Waals surface area contributed by atoms with Crippen molar-refractivity contribution in [2.24, 2.45) is 0 Å². The minimum atomic E-state index is -4.56. The molecule has 10 rings (SSSR count). The Bertz CT molecular complexity index is 3490. The monoisotopic (exact) mass is 1150 g/mol. The minimum absolute atomic E-state index is 0.0620. The fraction of sp³-hybridized carbons (Fsp3) is 0.269. The number of benzene rings is 4. The Labute approximate surface area is 463 Å². The number of nitrogens with one attached hydrogen (secondary N) is 3. The highest BCUT2D eigenvalue weighted by atomic mass is 35.5. The van der Waals surface area contributed by atoms with Crippen molar-refractivity contribution in [3.8, 4) is 0 Å². The number of halogens is 9. The molecule has 27 heteroatoms. The highest BCUT2D eigenvalue weighted by molar-refractivity contribution is 6.37. The van der Waals surface area contributed by atoms with E-state index < -0.39 is 35.3 Å². The summed E-state index contributed by atoms with van der Waals surface area (Å²) < 4.78 is 81.2. The molecule has 2 aliphatic heterocycles. The largest absolute Gasteiger partial charge is 0.416 e. The van der Waals surface area contributed by atoms with Gasteiger partial charge in [0.2, 0.25) is 0 Å². The Morgan fingerprint density at radius 1 is 0.506 bits per heavy atom. The van der Waals surface area contributed by atoms with Crippen LogP contribution in [-0.2, 0) is 12.4 Å². The number of hydrogen-bond acceptors (Lipinski definition) is 16. The number of amides is 2.